The predicted octanol–water partition coefficient (Wildman–Crippen LogP) is 2.83. The van der Waals surface area contributed by atoms with Crippen LogP contribution in [0, 0.1) is 0 Å². The molecule has 0 aliphatic heterocycles. The van der Waals surface area contributed by atoms with Crippen molar-refractivity contribution in [1.29, 1.82) is 0 Å². The number of rotatable bonds is 2. The Kier molecular flexibility index (Phi) is 3.87. The van der Waals surface area contributed by atoms with Gasteiger partial charge in [-0.05, 0) is 11.1 Å². The molecule has 88 valence electrons. The molecule has 0 fully saturated rings. The van der Waals surface area contributed by atoms with Crippen molar-refractivity contribution in [1.82, 2.24) is 15.2 Å². The van der Waals surface area contributed by atoms with Crippen molar-refractivity contribution >= 4 is 11.3 Å². The van der Waals surface area contributed by atoms with Crippen LogP contribution in [0.5, 0.6) is 0 Å². The summed E-state index contributed by atoms with van der Waals surface area (Å²) in [6, 6.07) is 10.1. The first-order valence-electron chi connectivity index (χ1n) is 4.87. The zero-order valence-electron chi connectivity index (χ0n) is 8.68. The van der Waals surface area contributed by atoms with Crippen LogP contribution in [0.15, 0.2) is 47.4 Å². The Hall–Kier alpha value is -1.25. The number of nitrogens with zero attached hydrogens (tertiary/aromatic N) is 3. The van der Waals surface area contributed by atoms with Crippen molar-refractivity contribution in [2.24, 2.45) is 0 Å². The van der Waals surface area contributed by atoms with E-state index in [0.717, 1.165) is 22.5 Å². The largest absolute Gasteiger partial charge is 0.573 e. The van der Waals surface area contributed by atoms with Crippen molar-refractivity contribution in [3.05, 3.63) is 47.4 Å². The smallest absolute Gasteiger partial charge is 0.0798 e. The molecule has 0 aliphatic rings. The molecule has 3 nitrogen and oxygen atoms in total. The molecule has 0 unspecified atom stereocenters. The summed E-state index contributed by atoms with van der Waals surface area (Å²) in [5, 5.41) is 10.1. The molecule has 0 saturated carbocycles. The molecular weight excluding hydrogens is 413 g/mol. The van der Waals surface area contributed by atoms with Crippen LogP contribution >= 0.6 is 11.3 Å². The van der Waals surface area contributed by atoms with Gasteiger partial charge < -0.3 is 10.2 Å². The average Bonchev–Trinajstić information content (AvgIpc) is 3.01. The van der Waals surface area contributed by atoms with Crippen molar-refractivity contribution < 1.29 is 21.1 Å². The van der Waals surface area contributed by atoms with Gasteiger partial charge in [0.1, 0.15) is 0 Å². The van der Waals surface area contributed by atoms with E-state index in [0.29, 0.717) is 0 Å². The third kappa shape index (κ3) is 2.38. The number of thiazole rings is 1. The summed E-state index contributed by atoms with van der Waals surface area (Å²) in [4.78, 5) is 4.26. The molecule has 2 heterocycles. The van der Waals surface area contributed by atoms with Gasteiger partial charge in [0.15, 0.2) is 0 Å². The Bertz CT molecular complexity index is 575. The number of benzene rings is 1. The second kappa shape index (κ2) is 5.39. The van der Waals surface area contributed by atoms with E-state index in [-0.39, 0.29) is 21.1 Å². The Morgan fingerprint density at radius 1 is 1.12 bits per heavy atom. The minimum atomic E-state index is 0. The van der Waals surface area contributed by atoms with Crippen molar-refractivity contribution in [3.8, 4) is 22.5 Å². The Morgan fingerprint density at radius 2 is 1.94 bits per heavy atom. The van der Waals surface area contributed by atoms with Crippen LogP contribution in [0.4, 0.5) is 0 Å². The topological polar surface area (TPSA) is 39.9 Å². The molecule has 0 aliphatic carbocycles. The molecule has 0 N–H and O–H groups in total. The minimum absolute atomic E-state index is 0. The van der Waals surface area contributed by atoms with Gasteiger partial charge in [-0.2, -0.15) is 0 Å². The summed E-state index contributed by atoms with van der Waals surface area (Å²) in [5.41, 5.74) is 5.70. The van der Waals surface area contributed by atoms with E-state index in [1.165, 1.54) is 0 Å². The third-order valence-electron chi connectivity index (χ3n) is 2.36. The summed E-state index contributed by atoms with van der Waals surface area (Å²) < 4.78 is 0. The monoisotopic (exact) mass is 421 g/mol. The minimum Gasteiger partial charge on any atom is -0.573 e. The maximum absolute atomic E-state index is 4.26. The SMILES string of the molecule is [Pt].c1ccc(-c2cn[n-]c2-c2cscn2)cc1. The van der Waals surface area contributed by atoms with E-state index in [2.05, 4.69) is 27.3 Å². The first-order valence-corrected chi connectivity index (χ1v) is 5.82. The van der Waals surface area contributed by atoms with Crippen LogP contribution in [0.2, 0.25) is 0 Å². The zero-order valence-corrected chi connectivity index (χ0v) is 11.8. The molecular formula is C12H8N3PtS-. The molecule has 3 aromatic rings. The summed E-state index contributed by atoms with van der Waals surface area (Å²) >= 11 is 1.56. The van der Waals surface area contributed by atoms with Gasteiger partial charge >= 0.3 is 0 Å². The Morgan fingerprint density at radius 3 is 2.65 bits per heavy atom. The van der Waals surface area contributed by atoms with Gasteiger partial charge in [0.05, 0.1) is 11.2 Å². The van der Waals surface area contributed by atoms with Crippen LogP contribution in [0.25, 0.3) is 22.5 Å². The predicted molar refractivity (Wildman–Crippen MR) is 64.1 cm³/mol. The number of hydrogen-bond donors (Lipinski definition) is 0. The Balaban J connectivity index is 0.00000108. The molecule has 0 radical (unpaired) electrons. The van der Waals surface area contributed by atoms with Crippen LogP contribution < -0.4 is 5.10 Å². The van der Waals surface area contributed by atoms with E-state index < -0.39 is 0 Å². The van der Waals surface area contributed by atoms with Crippen molar-refractivity contribution in [2.45, 2.75) is 0 Å². The molecule has 3 rings (SSSR count). The summed E-state index contributed by atoms with van der Waals surface area (Å²) in [6.07, 6.45) is 1.78. The quantitative estimate of drug-likeness (QED) is 0.639. The fourth-order valence-electron chi connectivity index (χ4n) is 1.61. The standard InChI is InChI=1S/C12H8N3S.Pt/c1-2-4-9(5-3-1)10-6-14-15-12(10)11-7-16-8-13-11;/h1-8H;/q-1;. The molecule has 0 amide bonds. The van der Waals surface area contributed by atoms with Gasteiger partial charge in [0.25, 0.3) is 0 Å². The van der Waals surface area contributed by atoms with Crippen LogP contribution in [-0.4, -0.2) is 10.1 Å². The van der Waals surface area contributed by atoms with Gasteiger partial charge in [-0.25, -0.2) is 4.98 Å². The Labute approximate surface area is 117 Å². The van der Waals surface area contributed by atoms with Gasteiger partial charge in [0.2, 0.25) is 0 Å². The van der Waals surface area contributed by atoms with E-state index >= 15 is 0 Å². The number of hydrogen-bond acceptors (Lipinski definition) is 3. The molecule has 2 aromatic heterocycles. The average molecular weight is 421 g/mol. The molecule has 17 heavy (non-hydrogen) atoms. The van der Waals surface area contributed by atoms with E-state index in [1.807, 2.05) is 23.6 Å². The van der Waals surface area contributed by atoms with Crippen LogP contribution in [0.3, 0.4) is 0 Å². The van der Waals surface area contributed by atoms with Crippen molar-refractivity contribution in [3.63, 3.8) is 0 Å². The van der Waals surface area contributed by atoms with Crippen LogP contribution in [0.1, 0.15) is 0 Å². The van der Waals surface area contributed by atoms with Gasteiger partial charge in [-0.1, -0.05) is 36.0 Å². The normalized spacial score (nSPS) is 9.88. The molecule has 0 spiro atoms. The van der Waals surface area contributed by atoms with Crippen LogP contribution in [-0.2, 0) is 21.1 Å². The van der Waals surface area contributed by atoms with Gasteiger partial charge in [-0.15, -0.1) is 11.3 Å². The van der Waals surface area contributed by atoms with E-state index in [9.17, 15) is 0 Å². The maximum atomic E-state index is 4.26. The number of aromatic nitrogens is 3. The first-order chi connectivity index (χ1) is 7.95. The van der Waals surface area contributed by atoms with Crippen molar-refractivity contribution in [2.75, 3.05) is 0 Å². The second-order valence-electron chi connectivity index (χ2n) is 3.35. The fourth-order valence-corrected chi connectivity index (χ4v) is 2.14. The zero-order chi connectivity index (χ0) is 10.8. The third-order valence-corrected chi connectivity index (χ3v) is 2.95. The summed E-state index contributed by atoms with van der Waals surface area (Å²) in [5.74, 6) is 0. The summed E-state index contributed by atoms with van der Waals surface area (Å²) in [6.45, 7) is 0. The molecule has 0 atom stereocenters. The molecule has 0 bridgehead atoms. The molecule has 5 heteroatoms. The fraction of sp³-hybridized carbons (Fsp3) is 0. The first kappa shape index (κ1) is 12.2. The van der Waals surface area contributed by atoms with Gasteiger partial charge in [0, 0.05) is 32.6 Å². The van der Waals surface area contributed by atoms with Gasteiger partial charge in [-0.3, -0.25) is 0 Å². The molecule has 0 saturated heterocycles. The second-order valence-corrected chi connectivity index (χ2v) is 4.07. The summed E-state index contributed by atoms with van der Waals surface area (Å²) in [7, 11) is 0. The van der Waals surface area contributed by atoms with E-state index in [4.69, 9.17) is 0 Å². The molecule has 1 aromatic carbocycles. The maximum Gasteiger partial charge on any atom is 0.0798 e. The van der Waals surface area contributed by atoms with E-state index in [1.54, 1.807) is 23.0 Å².